The Morgan fingerprint density at radius 1 is 0.400 bits per heavy atom. The summed E-state index contributed by atoms with van der Waals surface area (Å²) in [4.78, 5) is 2.52. The Bertz CT molecular complexity index is 2560. The van der Waals surface area contributed by atoms with Crippen molar-refractivity contribution in [3.8, 4) is 33.4 Å². The maximum absolute atomic E-state index is 2.52. The molecule has 0 aliphatic heterocycles. The van der Waals surface area contributed by atoms with E-state index >= 15 is 0 Å². The summed E-state index contributed by atoms with van der Waals surface area (Å²) < 4.78 is 2.64. The molecular formula is C48H37NS. The lowest BCUT2D eigenvalue weighted by atomic mass is 9.82. The highest BCUT2D eigenvalue weighted by Crippen LogP contribution is 2.54. The summed E-state index contributed by atoms with van der Waals surface area (Å²) in [5.41, 5.74) is 16.7. The average molecular weight is 660 g/mol. The van der Waals surface area contributed by atoms with Gasteiger partial charge in [0.2, 0.25) is 0 Å². The molecule has 2 aliphatic carbocycles. The monoisotopic (exact) mass is 659 g/mol. The third kappa shape index (κ3) is 4.06. The number of hydrogen-bond donors (Lipinski definition) is 0. The molecular weight excluding hydrogens is 623 g/mol. The van der Waals surface area contributed by atoms with Crippen molar-refractivity contribution in [1.29, 1.82) is 0 Å². The second-order valence-electron chi connectivity index (χ2n) is 14.9. The first-order valence-corrected chi connectivity index (χ1v) is 18.4. The topological polar surface area (TPSA) is 3.24 Å². The standard InChI is InChI=1S/C48H37NS/c1-47(2)39-19-9-5-14-32(39)34-26-24-30(28-41(34)47)49(31-25-27-35-33-15-6-10-20-40(33)48(3,4)42(35)29-31)43-21-11-7-16-36(43)37-18-13-23-45-46(37)38-17-8-12-22-44(38)50-45/h5-29H,1-4H3. The lowest BCUT2D eigenvalue weighted by molar-refractivity contribution is 0.660. The van der Waals surface area contributed by atoms with Crippen molar-refractivity contribution in [1.82, 2.24) is 0 Å². The van der Waals surface area contributed by atoms with Gasteiger partial charge in [0.05, 0.1) is 5.69 Å². The fourth-order valence-corrected chi connectivity index (χ4v) is 10.1. The fourth-order valence-electron chi connectivity index (χ4n) is 8.99. The van der Waals surface area contributed by atoms with Crippen LogP contribution >= 0.6 is 11.3 Å². The predicted octanol–water partition coefficient (Wildman–Crippen LogP) is 13.8. The van der Waals surface area contributed by atoms with Gasteiger partial charge in [-0.15, -0.1) is 11.3 Å². The number of rotatable bonds is 4. The SMILES string of the molecule is CC1(C)c2ccccc2-c2ccc(N(c3ccc4c(c3)C(C)(C)c3ccccc3-4)c3ccccc3-c3cccc4sc5ccccc5c34)cc21. The van der Waals surface area contributed by atoms with E-state index in [1.165, 1.54) is 92.9 Å². The molecule has 8 aromatic rings. The zero-order chi connectivity index (χ0) is 33.8. The van der Waals surface area contributed by atoms with Gasteiger partial charge in [-0.25, -0.2) is 0 Å². The van der Waals surface area contributed by atoms with Crippen LogP contribution in [0.5, 0.6) is 0 Å². The molecule has 0 N–H and O–H groups in total. The molecule has 0 amide bonds. The van der Waals surface area contributed by atoms with Gasteiger partial charge in [0.1, 0.15) is 0 Å². The van der Waals surface area contributed by atoms with Crippen LogP contribution in [-0.2, 0) is 10.8 Å². The van der Waals surface area contributed by atoms with Crippen LogP contribution in [0.15, 0.2) is 152 Å². The maximum atomic E-state index is 2.52. The highest BCUT2D eigenvalue weighted by molar-refractivity contribution is 7.25. The molecule has 240 valence electrons. The minimum absolute atomic E-state index is 0.101. The number of para-hydroxylation sites is 1. The largest absolute Gasteiger partial charge is 0.310 e. The predicted molar refractivity (Wildman–Crippen MR) is 215 cm³/mol. The van der Waals surface area contributed by atoms with E-state index in [1.807, 2.05) is 11.3 Å². The Labute approximate surface area is 298 Å². The lowest BCUT2D eigenvalue weighted by Crippen LogP contribution is -2.18. The summed E-state index contributed by atoms with van der Waals surface area (Å²) in [5.74, 6) is 0. The fraction of sp³-hybridized carbons (Fsp3) is 0.125. The molecule has 1 nitrogen and oxygen atoms in total. The maximum Gasteiger partial charge on any atom is 0.0540 e. The second-order valence-corrected chi connectivity index (χ2v) is 16.0. The molecule has 2 heteroatoms. The summed E-state index contributed by atoms with van der Waals surface area (Å²) in [6.07, 6.45) is 0. The summed E-state index contributed by atoms with van der Waals surface area (Å²) >= 11 is 1.88. The summed E-state index contributed by atoms with van der Waals surface area (Å²) in [5, 5.41) is 2.65. The third-order valence-corrected chi connectivity index (χ3v) is 12.6. The first-order chi connectivity index (χ1) is 24.3. The molecule has 0 saturated carbocycles. The van der Waals surface area contributed by atoms with E-state index in [0.717, 1.165) is 0 Å². The molecule has 2 aliphatic rings. The number of thiophene rings is 1. The Morgan fingerprint density at radius 2 is 0.880 bits per heavy atom. The number of hydrogen-bond acceptors (Lipinski definition) is 2. The van der Waals surface area contributed by atoms with Crippen LogP contribution in [-0.4, -0.2) is 0 Å². The Kier molecular flexibility index (Phi) is 6.21. The third-order valence-electron chi connectivity index (χ3n) is 11.5. The van der Waals surface area contributed by atoms with Crippen molar-refractivity contribution in [3.05, 3.63) is 174 Å². The van der Waals surface area contributed by atoms with E-state index in [4.69, 9.17) is 0 Å². The quantitative estimate of drug-likeness (QED) is 0.182. The molecule has 0 unspecified atom stereocenters. The van der Waals surface area contributed by atoms with Crippen LogP contribution in [0.2, 0.25) is 0 Å². The molecule has 1 aromatic heterocycles. The van der Waals surface area contributed by atoms with Crippen LogP contribution in [0.3, 0.4) is 0 Å². The Morgan fingerprint density at radius 3 is 1.52 bits per heavy atom. The average Bonchev–Trinajstić information content (AvgIpc) is 3.72. The summed E-state index contributed by atoms with van der Waals surface area (Å²) in [6.45, 7) is 9.49. The van der Waals surface area contributed by atoms with E-state index in [0.29, 0.717) is 0 Å². The molecule has 10 rings (SSSR count). The van der Waals surface area contributed by atoms with Crippen LogP contribution < -0.4 is 4.90 Å². The minimum Gasteiger partial charge on any atom is -0.310 e. The molecule has 1 heterocycles. The molecule has 50 heavy (non-hydrogen) atoms. The molecule has 0 radical (unpaired) electrons. The van der Waals surface area contributed by atoms with Gasteiger partial charge in [-0.05, 0) is 92.5 Å². The number of fused-ring (bicyclic) bond motifs is 9. The van der Waals surface area contributed by atoms with Gasteiger partial charge in [-0.1, -0.05) is 137 Å². The van der Waals surface area contributed by atoms with Crippen molar-refractivity contribution in [2.45, 2.75) is 38.5 Å². The van der Waals surface area contributed by atoms with Crippen molar-refractivity contribution in [2.24, 2.45) is 0 Å². The zero-order valence-corrected chi connectivity index (χ0v) is 29.6. The van der Waals surface area contributed by atoms with Gasteiger partial charge in [-0.3, -0.25) is 0 Å². The molecule has 7 aromatic carbocycles. The number of anilines is 3. The molecule has 0 fully saturated rings. The van der Waals surface area contributed by atoms with Gasteiger partial charge in [0.15, 0.2) is 0 Å². The van der Waals surface area contributed by atoms with Crippen LogP contribution in [0, 0.1) is 0 Å². The van der Waals surface area contributed by atoms with E-state index in [2.05, 4.69) is 184 Å². The highest BCUT2D eigenvalue weighted by Gasteiger charge is 2.38. The number of nitrogens with zero attached hydrogens (tertiary/aromatic N) is 1. The second kappa shape index (κ2) is 10.5. The van der Waals surface area contributed by atoms with Gasteiger partial charge >= 0.3 is 0 Å². The normalized spacial score (nSPS) is 14.7. The smallest absolute Gasteiger partial charge is 0.0540 e. The van der Waals surface area contributed by atoms with Crippen molar-refractivity contribution >= 4 is 48.6 Å². The van der Waals surface area contributed by atoms with Crippen LogP contribution in [0.1, 0.15) is 49.9 Å². The van der Waals surface area contributed by atoms with E-state index in [9.17, 15) is 0 Å². The van der Waals surface area contributed by atoms with Gasteiger partial charge in [0, 0.05) is 47.9 Å². The van der Waals surface area contributed by atoms with Crippen molar-refractivity contribution in [2.75, 3.05) is 4.90 Å². The van der Waals surface area contributed by atoms with Gasteiger partial charge < -0.3 is 4.90 Å². The Balaban J connectivity index is 1.23. The van der Waals surface area contributed by atoms with Crippen LogP contribution in [0.25, 0.3) is 53.6 Å². The van der Waals surface area contributed by atoms with Gasteiger partial charge in [-0.2, -0.15) is 0 Å². The van der Waals surface area contributed by atoms with E-state index in [1.54, 1.807) is 0 Å². The molecule has 0 saturated heterocycles. The first-order valence-electron chi connectivity index (χ1n) is 17.6. The first kappa shape index (κ1) is 29.5. The lowest BCUT2D eigenvalue weighted by Gasteiger charge is -2.31. The summed E-state index contributed by atoms with van der Waals surface area (Å²) in [7, 11) is 0. The van der Waals surface area contributed by atoms with Crippen LogP contribution in [0.4, 0.5) is 17.1 Å². The van der Waals surface area contributed by atoms with Crippen molar-refractivity contribution in [3.63, 3.8) is 0 Å². The highest BCUT2D eigenvalue weighted by atomic mass is 32.1. The van der Waals surface area contributed by atoms with Gasteiger partial charge in [0.25, 0.3) is 0 Å². The van der Waals surface area contributed by atoms with Crippen molar-refractivity contribution < 1.29 is 0 Å². The molecule has 0 bridgehead atoms. The number of benzene rings is 7. The molecule has 0 atom stereocenters. The Hall–Kier alpha value is -5.44. The molecule has 0 spiro atoms. The summed E-state index contributed by atoms with van der Waals surface area (Å²) in [6, 6.07) is 56.8. The minimum atomic E-state index is -0.101. The van der Waals surface area contributed by atoms with E-state index < -0.39 is 0 Å². The van der Waals surface area contributed by atoms with E-state index in [-0.39, 0.29) is 10.8 Å². The zero-order valence-electron chi connectivity index (χ0n) is 28.8.